The Morgan fingerprint density at radius 2 is 1.93 bits per heavy atom. The van der Waals surface area contributed by atoms with E-state index in [1.165, 1.54) is 4.90 Å². The summed E-state index contributed by atoms with van der Waals surface area (Å²) in [5.41, 5.74) is 0.662. The van der Waals surface area contributed by atoms with Gasteiger partial charge in [0, 0.05) is 24.2 Å². The van der Waals surface area contributed by atoms with Crippen molar-refractivity contribution in [2.45, 2.75) is 31.6 Å². The molecule has 1 N–H and O–H groups in total. The lowest BCUT2D eigenvalue weighted by Crippen LogP contribution is -2.59. The van der Waals surface area contributed by atoms with E-state index in [0.717, 1.165) is 0 Å². The van der Waals surface area contributed by atoms with Crippen molar-refractivity contribution in [3.05, 3.63) is 65.2 Å². The van der Waals surface area contributed by atoms with Gasteiger partial charge in [0.1, 0.15) is 24.0 Å². The molecular weight excluding hydrogens is 382 g/mol. The van der Waals surface area contributed by atoms with Crippen molar-refractivity contribution in [2.24, 2.45) is 0 Å². The number of nitriles is 1. The number of ether oxygens (including phenoxy) is 1. The number of hydrogen-bond donors (Lipinski definition) is 1. The number of benzene rings is 2. The number of carbonyl (C=O) groups excluding carboxylic acids is 2. The lowest BCUT2D eigenvalue weighted by Gasteiger charge is -2.48. The molecule has 0 aliphatic carbocycles. The topological polar surface area (TPSA) is 93.9 Å². The third-order valence-electron chi connectivity index (χ3n) is 5.74. The average molecular weight is 405 g/mol. The first kappa shape index (κ1) is 19.9. The van der Waals surface area contributed by atoms with E-state index in [1.807, 2.05) is 6.07 Å². The Bertz CT molecular complexity index is 1030. The zero-order valence-electron chi connectivity index (χ0n) is 16.9. The Labute approximate surface area is 175 Å². The monoisotopic (exact) mass is 405 g/mol. The van der Waals surface area contributed by atoms with Crippen molar-refractivity contribution >= 4 is 11.8 Å². The molecule has 2 aromatic carbocycles. The van der Waals surface area contributed by atoms with Crippen LogP contribution in [0.2, 0.25) is 0 Å². The average Bonchev–Trinajstić information content (AvgIpc) is 2.75. The van der Waals surface area contributed by atoms with Gasteiger partial charge in [0.05, 0.1) is 17.7 Å². The molecular formula is C23H23N3O4. The zero-order valence-corrected chi connectivity index (χ0v) is 16.9. The first-order valence-corrected chi connectivity index (χ1v) is 9.87. The Morgan fingerprint density at radius 3 is 2.60 bits per heavy atom. The molecule has 2 aliphatic heterocycles. The minimum absolute atomic E-state index is 0.0640. The first-order chi connectivity index (χ1) is 14.3. The second-order valence-corrected chi connectivity index (χ2v) is 8.14. The molecule has 2 aliphatic rings. The van der Waals surface area contributed by atoms with Crippen molar-refractivity contribution < 1.29 is 19.4 Å². The van der Waals surface area contributed by atoms with Crippen molar-refractivity contribution in [3.8, 4) is 11.8 Å². The summed E-state index contributed by atoms with van der Waals surface area (Å²) in [6.45, 7) is 4.12. The standard InChI is InChI=1S/C23H23N3O4/c1-23(2)21(28)20(17-12-15(13-24)8-9-18(17)30-23)26-11-10-25(14-19(26)27)22(29)16-6-4-3-5-7-16/h3-9,12,20-21,28H,10-11,14H2,1-2H3/t20?,21-/m0/s1. The van der Waals surface area contributed by atoms with Crippen molar-refractivity contribution in [2.75, 3.05) is 19.6 Å². The van der Waals surface area contributed by atoms with Crippen LogP contribution in [0.15, 0.2) is 48.5 Å². The Morgan fingerprint density at radius 1 is 1.20 bits per heavy atom. The van der Waals surface area contributed by atoms with Crippen LogP contribution in [0.3, 0.4) is 0 Å². The van der Waals surface area contributed by atoms with Crippen LogP contribution in [-0.4, -0.2) is 58.1 Å². The summed E-state index contributed by atoms with van der Waals surface area (Å²) in [6.07, 6.45) is -0.987. The molecule has 0 radical (unpaired) electrons. The van der Waals surface area contributed by atoms with Crippen molar-refractivity contribution in [3.63, 3.8) is 0 Å². The summed E-state index contributed by atoms with van der Waals surface area (Å²) in [6, 6.07) is 15.3. The zero-order chi connectivity index (χ0) is 21.5. The molecule has 30 heavy (non-hydrogen) atoms. The van der Waals surface area contributed by atoms with Gasteiger partial charge in [-0.15, -0.1) is 0 Å². The van der Waals surface area contributed by atoms with Gasteiger partial charge in [-0.3, -0.25) is 9.59 Å². The molecule has 7 nitrogen and oxygen atoms in total. The highest BCUT2D eigenvalue weighted by Gasteiger charge is 2.47. The predicted molar refractivity (Wildman–Crippen MR) is 109 cm³/mol. The molecule has 4 rings (SSSR count). The number of aliphatic hydroxyl groups excluding tert-OH is 1. The maximum atomic E-state index is 13.1. The fraction of sp³-hybridized carbons (Fsp3) is 0.348. The SMILES string of the molecule is CC1(C)Oc2ccc(C#N)cc2C(N2CCN(C(=O)c3ccccc3)CC2=O)[C@@H]1O. The lowest BCUT2D eigenvalue weighted by molar-refractivity contribution is -0.149. The molecule has 0 spiro atoms. The van der Waals surface area contributed by atoms with Crippen LogP contribution in [0.4, 0.5) is 0 Å². The van der Waals surface area contributed by atoms with Crippen LogP contribution in [0, 0.1) is 11.3 Å². The third kappa shape index (κ3) is 3.40. The highest BCUT2D eigenvalue weighted by atomic mass is 16.5. The largest absolute Gasteiger partial charge is 0.485 e. The number of piperazine rings is 1. The smallest absolute Gasteiger partial charge is 0.254 e. The van der Waals surface area contributed by atoms with Crippen LogP contribution < -0.4 is 4.74 Å². The van der Waals surface area contributed by atoms with E-state index in [9.17, 15) is 20.0 Å². The number of fused-ring (bicyclic) bond motifs is 1. The second kappa shape index (κ2) is 7.47. The van der Waals surface area contributed by atoms with Gasteiger partial charge in [-0.2, -0.15) is 5.26 Å². The highest BCUT2D eigenvalue weighted by molar-refractivity contribution is 5.97. The predicted octanol–water partition coefficient (Wildman–Crippen LogP) is 2.12. The summed E-state index contributed by atoms with van der Waals surface area (Å²) in [7, 11) is 0. The molecule has 0 saturated carbocycles. The second-order valence-electron chi connectivity index (χ2n) is 8.14. The van der Waals surface area contributed by atoms with Gasteiger partial charge in [-0.05, 0) is 44.2 Å². The van der Waals surface area contributed by atoms with E-state index in [4.69, 9.17) is 4.74 Å². The molecule has 1 unspecified atom stereocenters. The number of hydrogen-bond acceptors (Lipinski definition) is 5. The molecule has 2 atom stereocenters. The van der Waals surface area contributed by atoms with E-state index < -0.39 is 17.7 Å². The number of aliphatic hydroxyl groups is 1. The summed E-state index contributed by atoms with van der Waals surface area (Å²) in [5.74, 6) is 0.106. The fourth-order valence-corrected chi connectivity index (χ4v) is 4.09. The van der Waals surface area contributed by atoms with Crippen LogP contribution in [0.1, 0.15) is 41.4 Å². The minimum Gasteiger partial charge on any atom is -0.485 e. The van der Waals surface area contributed by atoms with Gasteiger partial charge < -0.3 is 19.6 Å². The van der Waals surface area contributed by atoms with Crippen LogP contribution in [-0.2, 0) is 4.79 Å². The maximum Gasteiger partial charge on any atom is 0.254 e. The van der Waals surface area contributed by atoms with E-state index >= 15 is 0 Å². The molecule has 7 heteroatoms. The normalized spacial score (nSPS) is 22.7. The Hall–Kier alpha value is -3.37. The van der Waals surface area contributed by atoms with Gasteiger partial charge in [0.15, 0.2) is 0 Å². The molecule has 0 bridgehead atoms. The summed E-state index contributed by atoms with van der Waals surface area (Å²) in [4.78, 5) is 28.9. The highest BCUT2D eigenvalue weighted by Crippen LogP contribution is 2.43. The summed E-state index contributed by atoms with van der Waals surface area (Å²) in [5, 5.41) is 20.3. The summed E-state index contributed by atoms with van der Waals surface area (Å²) >= 11 is 0. The Kier molecular flexibility index (Phi) is 4.96. The maximum absolute atomic E-state index is 13.1. The van der Waals surface area contributed by atoms with E-state index in [0.29, 0.717) is 29.0 Å². The van der Waals surface area contributed by atoms with E-state index in [1.54, 1.807) is 61.2 Å². The van der Waals surface area contributed by atoms with Gasteiger partial charge in [-0.1, -0.05) is 18.2 Å². The molecule has 1 fully saturated rings. The lowest BCUT2D eigenvalue weighted by atomic mass is 9.84. The quantitative estimate of drug-likeness (QED) is 0.826. The third-order valence-corrected chi connectivity index (χ3v) is 5.74. The molecule has 0 aromatic heterocycles. The van der Waals surface area contributed by atoms with Gasteiger partial charge in [0.2, 0.25) is 5.91 Å². The van der Waals surface area contributed by atoms with Gasteiger partial charge in [-0.25, -0.2) is 0 Å². The first-order valence-electron chi connectivity index (χ1n) is 9.87. The fourth-order valence-electron chi connectivity index (χ4n) is 4.09. The van der Waals surface area contributed by atoms with Crippen molar-refractivity contribution in [1.82, 2.24) is 9.80 Å². The van der Waals surface area contributed by atoms with Crippen LogP contribution in [0.5, 0.6) is 5.75 Å². The Balaban J connectivity index is 1.62. The van der Waals surface area contributed by atoms with Crippen LogP contribution in [0.25, 0.3) is 0 Å². The van der Waals surface area contributed by atoms with Gasteiger partial charge >= 0.3 is 0 Å². The molecule has 154 valence electrons. The van der Waals surface area contributed by atoms with Gasteiger partial charge in [0.25, 0.3) is 5.91 Å². The van der Waals surface area contributed by atoms with E-state index in [2.05, 4.69) is 6.07 Å². The van der Waals surface area contributed by atoms with Crippen molar-refractivity contribution in [1.29, 1.82) is 5.26 Å². The number of nitrogens with zero attached hydrogens (tertiary/aromatic N) is 3. The summed E-state index contributed by atoms with van der Waals surface area (Å²) < 4.78 is 5.94. The molecule has 2 amide bonds. The van der Waals surface area contributed by atoms with Crippen LogP contribution >= 0.6 is 0 Å². The van der Waals surface area contributed by atoms with E-state index in [-0.39, 0.29) is 24.9 Å². The minimum atomic E-state index is -0.987. The number of amides is 2. The molecule has 1 saturated heterocycles. The molecule has 2 aromatic rings. The molecule has 2 heterocycles. The number of carbonyl (C=O) groups is 2. The number of rotatable bonds is 2.